The van der Waals surface area contributed by atoms with Crippen LogP contribution in [-0.2, 0) is 4.79 Å². The van der Waals surface area contributed by atoms with E-state index >= 15 is 0 Å². The minimum atomic E-state index is 0.214. The lowest BCUT2D eigenvalue weighted by Crippen LogP contribution is -2.41. The molecule has 17 heavy (non-hydrogen) atoms. The highest BCUT2D eigenvalue weighted by atomic mass is 16.1. The van der Waals surface area contributed by atoms with Gasteiger partial charge in [0.05, 0.1) is 0 Å². The minimum Gasteiger partial charge on any atom is -0.355 e. The van der Waals surface area contributed by atoms with Crippen molar-refractivity contribution >= 4 is 5.91 Å². The van der Waals surface area contributed by atoms with Crippen molar-refractivity contribution in [2.75, 3.05) is 13.1 Å². The van der Waals surface area contributed by atoms with Crippen molar-refractivity contribution in [3.05, 3.63) is 0 Å². The van der Waals surface area contributed by atoms with Crippen LogP contribution in [0.1, 0.15) is 57.8 Å². The highest BCUT2D eigenvalue weighted by molar-refractivity contribution is 5.76. The van der Waals surface area contributed by atoms with Crippen LogP contribution in [0.5, 0.6) is 0 Å². The smallest absolute Gasteiger partial charge is 0.220 e. The van der Waals surface area contributed by atoms with Gasteiger partial charge in [0.15, 0.2) is 0 Å². The zero-order valence-electron chi connectivity index (χ0n) is 10.8. The van der Waals surface area contributed by atoms with E-state index in [2.05, 4.69) is 5.32 Å². The number of amides is 1. The minimum absolute atomic E-state index is 0.214. The van der Waals surface area contributed by atoms with Crippen LogP contribution in [0.2, 0.25) is 0 Å². The molecule has 1 amide bonds. The Labute approximate surface area is 105 Å². The summed E-state index contributed by atoms with van der Waals surface area (Å²) in [5, 5.41) is 3.12. The molecule has 0 atom stereocenters. The Morgan fingerprint density at radius 1 is 1.18 bits per heavy atom. The summed E-state index contributed by atoms with van der Waals surface area (Å²) in [6, 6.07) is 0. The number of hydrogen-bond donors (Lipinski definition) is 2. The number of nitrogens with one attached hydrogen (secondary N) is 1. The van der Waals surface area contributed by atoms with E-state index in [1.165, 1.54) is 51.4 Å². The monoisotopic (exact) mass is 238 g/mol. The van der Waals surface area contributed by atoms with Gasteiger partial charge in [-0.3, -0.25) is 4.79 Å². The molecule has 0 bridgehead atoms. The maximum atomic E-state index is 11.9. The van der Waals surface area contributed by atoms with Gasteiger partial charge in [0, 0.05) is 13.0 Å². The first kappa shape index (κ1) is 12.9. The van der Waals surface area contributed by atoms with Gasteiger partial charge in [-0.25, -0.2) is 0 Å². The van der Waals surface area contributed by atoms with Gasteiger partial charge in [-0.2, -0.15) is 0 Å². The molecular weight excluding hydrogens is 212 g/mol. The molecule has 2 fully saturated rings. The number of rotatable bonds is 5. The largest absolute Gasteiger partial charge is 0.355 e. The maximum Gasteiger partial charge on any atom is 0.220 e. The average Bonchev–Trinajstić information content (AvgIpc) is 2.98. The molecule has 0 aromatic heterocycles. The van der Waals surface area contributed by atoms with Gasteiger partial charge in [-0.05, 0) is 43.6 Å². The SMILES string of the molecule is NCC1(CNC(=O)CC2CCCC2)CCCC1. The fourth-order valence-corrected chi connectivity index (χ4v) is 3.41. The van der Waals surface area contributed by atoms with Crippen LogP contribution in [0.25, 0.3) is 0 Å². The van der Waals surface area contributed by atoms with E-state index < -0.39 is 0 Å². The average molecular weight is 238 g/mol. The quantitative estimate of drug-likeness (QED) is 0.771. The van der Waals surface area contributed by atoms with Crippen LogP contribution in [0.15, 0.2) is 0 Å². The van der Waals surface area contributed by atoms with Crippen LogP contribution < -0.4 is 11.1 Å². The first-order chi connectivity index (χ1) is 8.24. The van der Waals surface area contributed by atoms with E-state index in [-0.39, 0.29) is 11.3 Å². The molecule has 2 aliphatic carbocycles. The molecule has 0 radical (unpaired) electrons. The predicted molar refractivity (Wildman–Crippen MR) is 69.5 cm³/mol. The zero-order valence-corrected chi connectivity index (χ0v) is 10.8. The van der Waals surface area contributed by atoms with Gasteiger partial charge in [0.2, 0.25) is 5.91 Å². The number of nitrogens with two attached hydrogens (primary N) is 1. The maximum absolute atomic E-state index is 11.9. The molecular formula is C14H26N2O. The van der Waals surface area contributed by atoms with Crippen molar-refractivity contribution in [2.24, 2.45) is 17.1 Å². The number of carbonyl (C=O) groups excluding carboxylic acids is 1. The van der Waals surface area contributed by atoms with E-state index in [0.29, 0.717) is 5.92 Å². The molecule has 0 unspecified atom stereocenters. The second kappa shape index (κ2) is 5.85. The molecule has 98 valence electrons. The van der Waals surface area contributed by atoms with Crippen molar-refractivity contribution in [1.29, 1.82) is 0 Å². The molecule has 2 rings (SSSR count). The topological polar surface area (TPSA) is 55.1 Å². The Hall–Kier alpha value is -0.570. The standard InChI is InChI=1S/C14H26N2O/c15-10-14(7-3-4-8-14)11-16-13(17)9-12-5-1-2-6-12/h12H,1-11,15H2,(H,16,17). The summed E-state index contributed by atoms with van der Waals surface area (Å²) in [5.74, 6) is 0.893. The molecule has 0 aromatic carbocycles. The second-order valence-electron chi connectivity index (χ2n) is 6.04. The van der Waals surface area contributed by atoms with Crippen molar-refractivity contribution in [3.8, 4) is 0 Å². The third-order valence-corrected chi connectivity index (χ3v) is 4.71. The van der Waals surface area contributed by atoms with E-state index in [9.17, 15) is 4.79 Å². The molecule has 3 N–H and O–H groups in total. The summed E-state index contributed by atoms with van der Waals surface area (Å²) in [6.45, 7) is 1.52. The van der Waals surface area contributed by atoms with Gasteiger partial charge >= 0.3 is 0 Å². The molecule has 2 saturated carbocycles. The Kier molecular flexibility index (Phi) is 4.43. The van der Waals surface area contributed by atoms with Crippen molar-refractivity contribution < 1.29 is 4.79 Å². The van der Waals surface area contributed by atoms with Gasteiger partial charge in [-0.15, -0.1) is 0 Å². The molecule has 0 aromatic rings. The highest BCUT2D eigenvalue weighted by Gasteiger charge is 2.32. The van der Waals surface area contributed by atoms with E-state index in [1.807, 2.05) is 0 Å². The molecule has 3 heteroatoms. The second-order valence-corrected chi connectivity index (χ2v) is 6.04. The molecule has 0 saturated heterocycles. The third-order valence-electron chi connectivity index (χ3n) is 4.71. The summed E-state index contributed by atoms with van der Waals surface area (Å²) < 4.78 is 0. The molecule has 0 heterocycles. The first-order valence-corrected chi connectivity index (χ1v) is 7.21. The van der Waals surface area contributed by atoms with Gasteiger partial charge in [0.25, 0.3) is 0 Å². The van der Waals surface area contributed by atoms with Crippen LogP contribution in [-0.4, -0.2) is 19.0 Å². The van der Waals surface area contributed by atoms with Crippen LogP contribution in [0.3, 0.4) is 0 Å². The van der Waals surface area contributed by atoms with Crippen LogP contribution in [0, 0.1) is 11.3 Å². The van der Waals surface area contributed by atoms with E-state index in [1.54, 1.807) is 0 Å². The predicted octanol–water partition coefficient (Wildman–Crippen LogP) is 2.20. The van der Waals surface area contributed by atoms with Gasteiger partial charge in [-0.1, -0.05) is 25.7 Å². The number of carbonyl (C=O) groups is 1. The third kappa shape index (κ3) is 3.44. The van der Waals surface area contributed by atoms with Crippen LogP contribution in [0.4, 0.5) is 0 Å². The summed E-state index contributed by atoms with van der Waals surface area (Å²) in [5.41, 5.74) is 6.08. The van der Waals surface area contributed by atoms with E-state index in [0.717, 1.165) is 19.5 Å². The Morgan fingerprint density at radius 3 is 2.41 bits per heavy atom. The van der Waals surface area contributed by atoms with Crippen molar-refractivity contribution in [1.82, 2.24) is 5.32 Å². The Bertz CT molecular complexity index is 253. The van der Waals surface area contributed by atoms with Crippen LogP contribution >= 0.6 is 0 Å². The summed E-state index contributed by atoms with van der Waals surface area (Å²) in [4.78, 5) is 11.9. The lowest BCUT2D eigenvalue weighted by molar-refractivity contribution is -0.122. The fraction of sp³-hybridized carbons (Fsp3) is 0.929. The van der Waals surface area contributed by atoms with Crippen molar-refractivity contribution in [2.45, 2.75) is 57.8 Å². The summed E-state index contributed by atoms with van der Waals surface area (Å²) >= 11 is 0. The highest BCUT2D eigenvalue weighted by Crippen LogP contribution is 2.36. The normalized spacial score (nSPS) is 24.1. The van der Waals surface area contributed by atoms with Crippen molar-refractivity contribution in [3.63, 3.8) is 0 Å². The lowest BCUT2D eigenvalue weighted by atomic mass is 9.86. The molecule has 0 spiro atoms. The van der Waals surface area contributed by atoms with Gasteiger partial charge in [0.1, 0.15) is 0 Å². The van der Waals surface area contributed by atoms with Gasteiger partial charge < -0.3 is 11.1 Å². The lowest BCUT2D eigenvalue weighted by Gasteiger charge is -2.27. The Morgan fingerprint density at radius 2 is 1.82 bits per heavy atom. The zero-order chi connectivity index (χ0) is 12.1. The fourth-order valence-electron chi connectivity index (χ4n) is 3.41. The Balaban J connectivity index is 1.71. The summed E-state index contributed by atoms with van der Waals surface area (Å²) in [6.07, 6.45) is 10.8. The number of hydrogen-bond acceptors (Lipinski definition) is 2. The first-order valence-electron chi connectivity index (χ1n) is 7.21. The molecule has 0 aliphatic heterocycles. The molecule has 2 aliphatic rings. The van der Waals surface area contributed by atoms with E-state index in [4.69, 9.17) is 5.73 Å². The molecule has 3 nitrogen and oxygen atoms in total. The summed E-state index contributed by atoms with van der Waals surface area (Å²) in [7, 11) is 0.